The van der Waals surface area contributed by atoms with E-state index >= 15 is 0 Å². The number of aliphatic carboxylic acids is 1. The van der Waals surface area contributed by atoms with Gasteiger partial charge in [-0.05, 0) is 12.8 Å². The van der Waals surface area contributed by atoms with E-state index in [1.54, 1.807) is 6.08 Å². The Bertz CT molecular complexity index is 368. The zero-order chi connectivity index (χ0) is 15.0. The van der Waals surface area contributed by atoms with Crippen molar-refractivity contribution in [3.8, 4) is 0 Å². The lowest BCUT2D eigenvalue weighted by atomic mass is 10.1. The van der Waals surface area contributed by atoms with Gasteiger partial charge in [0, 0.05) is 25.2 Å². The van der Waals surface area contributed by atoms with Crippen LogP contribution in [-0.4, -0.2) is 60.8 Å². The Morgan fingerprint density at radius 3 is 2.80 bits per heavy atom. The maximum Gasteiger partial charge on any atom is 0.331 e. The first-order valence-corrected chi connectivity index (χ1v) is 7.12. The summed E-state index contributed by atoms with van der Waals surface area (Å²) in [6, 6.07) is -0.335. The molecular formula is C14H24N2O4. The van der Waals surface area contributed by atoms with Gasteiger partial charge in [0.1, 0.15) is 6.04 Å². The summed E-state index contributed by atoms with van der Waals surface area (Å²) in [5.74, 6) is -0.943. The standard InChI is InChI=1S/C14H24N2O4/c1-3-6-15-13(17)12-10-20-9-8-16(12)7-5-11(4-2)14(18)19/h5,12H,3-4,6-10H2,1-2H3,(H,15,17)(H,18,19)/b11-5-. The Kier molecular flexibility index (Phi) is 7.25. The van der Waals surface area contributed by atoms with Crippen LogP contribution in [0.3, 0.4) is 0 Å². The Hall–Kier alpha value is -1.40. The minimum Gasteiger partial charge on any atom is -0.478 e. The number of carboxylic acids is 1. The van der Waals surface area contributed by atoms with Gasteiger partial charge < -0.3 is 15.2 Å². The zero-order valence-electron chi connectivity index (χ0n) is 12.2. The molecule has 6 nitrogen and oxygen atoms in total. The molecule has 2 N–H and O–H groups in total. The van der Waals surface area contributed by atoms with E-state index in [2.05, 4.69) is 5.32 Å². The lowest BCUT2D eigenvalue weighted by Crippen LogP contribution is -2.53. The number of carboxylic acid groups (broad SMARTS) is 1. The summed E-state index contributed by atoms with van der Waals surface area (Å²) in [7, 11) is 0. The van der Waals surface area contributed by atoms with Crippen LogP contribution in [0.1, 0.15) is 26.7 Å². The molecular weight excluding hydrogens is 260 g/mol. The van der Waals surface area contributed by atoms with Gasteiger partial charge in [0.2, 0.25) is 5.91 Å². The van der Waals surface area contributed by atoms with Crippen LogP contribution >= 0.6 is 0 Å². The van der Waals surface area contributed by atoms with Gasteiger partial charge in [-0.25, -0.2) is 4.79 Å². The van der Waals surface area contributed by atoms with Crippen molar-refractivity contribution in [2.24, 2.45) is 0 Å². The van der Waals surface area contributed by atoms with E-state index in [1.807, 2.05) is 18.7 Å². The molecule has 0 bridgehead atoms. The number of amides is 1. The quantitative estimate of drug-likeness (QED) is 0.671. The first-order valence-electron chi connectivity index (χ1n) is 7.12. The van der Waals surface area contributed by atoms with Crippen LogP contribution in [0.15, 0.2) is 11.6 Å². The predicted molar refractivity (Wildman–Crippen MR) is 75.5 cm³/mol. The Labute approximate surface area is 119 Å². The SMILES string of the molecule is CCCNC(=O)C1COCCN1C/C=C(/CC)C(=O)O. The Balaban J connectivity index is 2.64. The zero-order valence-corrected chi connectivity index (χ0v) is 12.2. The molecule has 1 unspecified atom stereocenters. The number of nitrogens with one attached hydrogen (secondary N) is 1. The lowest BCUT2D eigenvalue weighted by Gasteiger charge is -2.33. The molecule has 1 saturated heterocycles. The molecule has 114 valence electrons. The van der Waals surface area contributed by atoms with E-state index in [4.69, 9.17) is 9.84 Å². The molecule has 20 heavy (non-hydrogen) atoms. The van der Waals surface area contributed by atoms with Crippen LogP contribution in [0.4, 0.5) is 0 Å². The molecule has 1 fully saturated rings. The van der Waals surface area contributed by atoms with Gasteiger partial charge in [-0.15, -0.1) is 0 Å². The van der Waals surface area contributed by atoms with Crippen LogP contribution in [0, 0.1) is 0 Å². The summed E-state index contributed by atoms with van der Waals surface area (Å²) in [5, 5.41) is 11.9. The highest BCUT2D eigenvalue weighted by Crippen LogP contribution is 2.09. The lowest BCUT2D eigenvalue weighted by molar-refractivity contribution is -0.132. The smallest absolute Gasteiger partial charge is 0.331 e. The fourth-order valence-electron chi connectivity index (χ4n) is 2.07. The molecule has 1 amide bonds. The van der Waals surface area contributed by atoms with Crippen molar-refractivity contribution in [1.29, 1.82) is 0 Å². The number of hydrogen-bond donors (Lipinski definition) is 2. The average Bonchev–Trinajstić information content (AvgIpc) is 2.45. The number of carbonyl (C=O) groups excluding carboxylic acids is 1. The summed E-state index contributed by atoms with van der Waals surface area (Å²) < 4.78 is 5.35. The minimum atomic E-state index is -0.896. The highest BCUT2D eigenvalue weighted by molar-refractivity contribution is 5.86. The highest BCUT2D eigenvalue weighted by Gasteiger charge is 2.28. The molecule has 0 aliphatic carbocycles. The third-order valence-electron chi connectivity index (χ3n) is 3.32. The van der Waals surface area contributed by atoms with Gasteiger partial charge in [0.15, 0.2) is 0 Å². The normalized spacial score (nSPS) is 20.7. The second kappa shape index (κ2) is 8.71. The molecule has 0 radical (unpaired) electrons. The van der Waals surface area contributed by atoms with Gasteiger partial charge in [-0.2, -0.15) is 0 Å². The second-order valence-electron chi connectivity index (χ2n) is 4.76. The van der Waals surface area contributed by atoms with Gasteiger partial charge in [0.25, 0.3) is 0 Å². The van der Waals surface area contributed by atoms with Crippen molar-refractivity contribution in [2.75, 3.05) is 32.8 Å². The van der Waals surface area contributed by atoms with E-state index < -0.39 is 5.97 Å². The minimum absolute atomic E-state index is 0.0478. The number of rotatable bonds is 7. The van der Waals surface area contributed by atoms with Gasteiger partial charge in [0.05, 0.1) is 13.2 Å². The van der Waals surface area contributed by atoms with Crippen molar-refractivity contribution in [1.82, 2.24) is 10.2 Å². The maximum absolute atomic E-state index is 12.0. The molecule has 1 rings (SSSR count). The molecule has 1 aliphatic heterocycles. The molecule has 0 aromatic carbocycles. The number of morpholine rings is 1. The van der Waals surface area contributed by atoms with Gasteiger partial charge >= 0.3 is 5.97 Å². The van der Waals surface area contributed by atoms with E-state index in [0.29, 0.717) is 44.8 Å². The Morgan fingerprint density at radius 1 is 1.45 bits per heavy atom. The molecule has 1 heterocycles. The second-order valence-corrected chi connectivity index (χ2v) is 4.76. The maximum atomic E-state index is 12.0. The number of nitrogens with zero attached hydrogens (tertiary/aromatic N) is 1. The van der Waals surface area contributed by atoms with Crippen LogP contribution in [-0.2, 0) is 14.3 Å². The van der Waals surface area contributed by atoms with Crippen LogP contribution in [0.25, 0.3) is 0 Å². The van der Waals surface area contributed by atoms with E-state index in [0.717, 1.165) is 6.42 Å². The number of hydrogen-bond acceptors (Lipinski definition) is 4. The van der Waals surface area contributed by atoms with E-state index in [1.165, 1.54) is 0 Å². The van der Waals surface area contributed by atoms with Crippen LogP contribution in [0.2, 0.25) is 0 Å². The number of carbonyl (C=O) groups is 2. The predicted octanol–water partition coefficient (Wildman–Crippen LogP) is 0.634. The van der Waals surface area contributed by atoms with Crippen molar-refractivity contribution < 1.29 is 19.4 Å². The van der Waals surface area contributed by atoms with Gasteiger partial charge in [-0.3, -0.25) is 9.69 Å². The van der Waals surface area contributed by atoms with Crippen molar-refractivity contribution in [2.45, 2.75) is 32.7 Å². The highest BCUT2D eigenvalue weighted by atomic mass is 16.5. The molecule has 0 aromatic heterocycles. The summed E-state index contributed by atoms with van der Waals surface area (Å²) >= 11 is 0. The van der Waals surface area contributed by atoms with Crippen LogP contribution < -0.4 is 5.32 Å². The molecule has 1 aliphatic rings. The average molecular weight is 284 g/mol. The first-order chi connectivity index (χ1) is 9.60. The fourth-order valence-corrected chi connectivity index (χ4v) is 2.07. The molecule has 0 aromatic rings. The van der Waals surface area contributed by atoms with Crippen molar-refractivity contribution in [3.63, 3.8) is 0 Å². The molecule has 6 heteroatoms. The molecule has 0 saturated carbocycles. The summed E-state index contributed by atoms with van der Waals surface area (Å²) in [4.78, 5) is 25.0. The van der Waals surface area contributed by atoms with Gasteiger partial charge in [-0.1, -0.05) is 19.9 Å². The van der Waals surface area contributed by atoms with E-state index in [-0.39, 0.29) is 11.9 Å². The summed E-state index contributed by atoms with van der Waals surface area (Å²) in [6.07, 6.45) is 3.05. The third-order valence-corrected chi connectivity index (χ3v) is 3.32. The van der Waals surface area contributed by atoms with E-state index in [9.17, 15) is 9.59 Å². The first kappa shape index (κ1) is 16.7. The fraction of sp³-hybridized carbons (Fsp3) is 0.714. The number of ether oxygens (including phenoxy) is 1. The third kappa shape index (κ3) is 4.94. The summed E-state index contributed by atoms with van der Waals surface area (Å²) in [6.45, 7) is 6.48. The monoisotopic (exact) mass is 284 g/mol. The summed E-state index contributed by atoms with van der Waals surface area (Å²) in [5.41, 5.74) is 0.379. The van der Waals surface area contributed by atoms with Crippen molar-refractivity contribution >= 4 is 11.9 Å². The Morgan fingerprint density at radius 2 is 2.20 bits per heavy atom. The molecule has 1 atom stereocenters. The largest absolute Gasteiger partial charge is 0.478 e. The topological polar surface area (TPSA) is 78.9 Å². The molecule has 0 spiro atoms. The van der Waals surface area contributed by atoms with Crippen molar-refractivity contribution in [3.05, 3.63) is 11.6 Å². The van der Waals surface area contributed by atoms with Crippen LogP contribution in [0.5, 0.6) is 0 Å².